The maximum atomic E-state index is 13.4. The number of anilines is 1. The van der Waals surface area contributed by atoms with Crippen LogP contribution in [-0.2, 0) is 34.2 Å². The number of aryl methyl sites for hydroxylation is 1. The van der Waals surface area contributed by atoms with Crippen LogP contribution in [0.1, 0.15) is 23.6 Å². The Morgan fingerprint density at radius 1 is 0.967 bits per heavy atom. The average Bonchev–Trinajstić information content (AvgIpc) is 2.79. The first-order chi connectivity index (χ1) is 14.5. The fourth-order valence-corrected chi connectivity index (χ4v) is 5.38. The maximum absolute atomic E-state index is 13.4. The molecule has 5 nitrogen and oxygen atoms in total. The third kappa shape index (κ3) is 4.01. The van der Waals surface area contributed by atoms with E-state index >= 15 is 0 Å². The third-order valence-corrected chi connectivity index (χ3v) is 7.33. The van der Waals surface area contributed by atoms with Crippen LogP contribution in [0.5, 0.6) is 0 Å². The van der Waals surface area contributed by atoms with Gasteiger partial charge in [0.2, 0.25) is 15.9 Å². The molecule has 1 heterocycles. The monoisotopic (exact) mass is 420 g/mol. The van der Waals surface area contributed by atoms with Crippen LogP contribution in [0.25, 0.3) is 0 Å². The molecule has 0 saturated heterocycles. The molecule has 0 saturated carbocycles. The third-order valence-electron chi connectivity index (χ3n) is 5.46. The summed E-state index contributed by atoms with van der Waals surface area (Å²) in [5.41, 5.74) is 3.71. The van der Waals surface area contributed by atoms with Gasteiger partial charge >= 0.3 is 0 Å². The molecule has 0 aromatic heterocycles. The smallest absolute Gasteiger partial charge is 0.244 e. The minimum atomic E-state index is -3.83. The number of amides is 1. The van der Waals surface area contributed by atoms with E-state index in [0.29, 0.717) is 12.1 Å². The quantitative estimate of drug-likeness (QED) is 0.678. The van der Waals surface area contributed by atoms with E-state index in [0.717, 1.165) is 23.1 Å². The Bertz CT molecular complexity index is 1160. The number of fused-ring (bicyclic) bond motifs is 1. The number of hydrogen-bond acceptors (Lipinski definition) is 3. The van der Waals surface area contributed by atoms with Crippen LogP contribution >= 0.6 is 0 Å². The summed E-state index contributed by atoms with van der Waals surface area (Å²) < 4.78 is 28.1. The van der Waals surface area contributed by atoms with Crippen molar-refractivity contribution in [3.63, 3.8) is 0 Å². The highest BCUT2D eigenvalue weighted by Crippen LogP contribution is 2.29. The second-order valence-electron chi connectivity index (χ2n) is 7.40. The fraction of sp³-hybridized carbons (Fsp3) is 0.208. The summed E-state index contributed by atoms with van der Waals surface area (Å²) in [5, 5.41) is 2.93. The van der Waals surface area contributed by atoms with Gasteiger partial charge < -0.3 is 5.32 Å². The van der Waals surface area contributed by atoms with Gasteiger partial charge in [-0.3, -0.25) is 4.79 Å². The van der Waals surface area contributed by atoms with Crippen molar-refractivity contribution in [1.29, 1.82) is 0 Å². The molecule has 3 aromatic carbocycles. The van der Waals surface area contributed by atoms with Crippen LogP contribution in [0.3, 0.4) is 0 Å². The van der Waals surface area contributed by atoms with Gasteiger partial charge in [0.15, 0.2) is 0 Å². The number of nitrogens with one attached hydrogen (secondary N) is 1. The van der Waals surface area contributed by atoms with Gasteiger partial charge in [-0.25, -0.2) is 8.42 Å². The number of rotatable bonds is 5. The molecule has 0 bridgehead atoms. The van der Waals surface area contributed by atoms with Crippen molar-refractivity contribution in [2.75, 3.05) is 5.32 Å². The number of sulfonamides is 1. The van der Waals surface area contributed by atoms with Gasteiger partial charge in [0.05, 0.1) is 4.90 Å². The topological polar surface area (TPSA) is 66.5 Å². The molecule has 154 valence electrons. The molecule has 4 rings (SSSR count). The zero-order valence-corrected chi connectivity index (χ0v) is 17.6. The number of carbonyl (C=O) groups is 1. The summed E-state index contributed by atoms with van der Waals surface area (Å²) in [5.74, 6) is -0.322. The molecule has 6 heteroatoms. The predicted octanol–water partition coefficient (Wildman–Crippen LogP) is 4.00. The van der Waals surface area contributed by atoms with E-state index in [-0.39, 0.29) is 17.3 Å². The van der Waals surface area contributed by atoms with E-state index in [2.05, 4.69) is 5.32 Å². The fourth-order valence-electron chi connectivity index (χ4n) is 3.80. The average molecular weight is 421 g/mol. The standard InChI is InChI=1S/C24H24N2O3S/c1-2-18-9-8-12-21(15-18)25-24(27)23-16-19-10-6-7-11-20(19)17-26(23)30(28,29)22-13-4-3-5-14-22/h3-15,23H,2,16-17H2,1H3,(H,25,27). The summed E-state index contributed by atoms with van der Waals surface area (Å²) in [6, 6.07) is 22.8. The number of nitrogens with zero attached hydrogens (tertiary/aromatic N) is 1. The molecule has 1 aliphatic heterocycles. The van der Waals surface area contributed by atoms with Crippen molar-refractivity contribution in [1.82, 2.24) is 4.31 Å². The van der Waals surface area contributed by atoms with Crippen LogP contribution in [0.15, 0.2) is 83.8 Å². The SMILES string of the molecule is CCc1cccc(NC(=O)C2Cc3ccccc3CN2S(=O)(=O)c2ccccc2)c1. The van der Waals surface area contributed by atoms with E-state index in [1.807, 2.05) is 55.5 Å². The number of benzene rings is 3. The minimum absolute atomic E-state index is 0.167. The molecule has 30 heavy (non-hydrogen) atoms. The molecule has 3 aromatic rings. The molecule has 1 atom stereocenters. The van der Waals surface area contributed by atoms with Gasteiger partial charge in [-0.15, -0.1) is 0 Å². The molecule has 0 fully saturated rings. The van der Waals surface area contributed by atoms with Crippen molar-refractivity contribution < 1.29 is 13.2 Å². The Balaban J connectivity index is 1.70. The Morgan fingerprint density at radius 2 is 1.67 bits per heavy atom. The van der Waals surface area contributed by atoms with E-state index in [1.165, 1.54) is 4.31 Å². The first kappa shape index (κ1) is 20.3. The first-order valence-electron chi connectivity index (χ1n) is 10.0. The number of carbonyl (C=O) groups excluding carboxylic acids is 1. The second-order valence-corrected chi connectivity index (χ2v) is 9.29. The van der Waals surface area contributed by atoms with Crippen LogP contribution in [0.2, 0.25) is 0 Å². The molecule has 1 amide bonds. The zero-order chi connectivity index (χ0) is 21.1. The lowest BCUT2D eigenvalue weighted by atomic mass is 9.95. The van der Waals surface area contributed by atoms with Crippen LogP contribution < -0.4 is 5.32 Å². The molecule has 1 unspecified atom stereocenters. The largest absolute Gasteiger partial charge is 0.325 e. The molecule has 1 aliphatic rings. The maximum Gasteiger partial charge on any atom is 0.244 e. The highest BCUT2D eigenvalue weighted by molar-refractivity contribution is 7.89. The second kappa shape index (κ2) is 8.42. The van der Waals surface area contributed by atoms with Crippen LogP contribution in [0, 0.1) is 0 Å². The molecule has 1 N–H and O–H groups in total. The van der Waals surface area contributed by atoms with Crippen LogP contribution in [-0.4, -0.2) is 24.7 Å². The normalized spacial score (nSPS) is 16.6. The highest BCUT2D eigenvalue weighted by Gasteiger charge is 2.39. The van der Waals surface area contributed by atoms with E-state index < -0.39 is 16.1 Å². The summed E-state index contributed by atoms with van der Waals surface area (Å²) in [6.07, 6.45) is 1.19. The van der Waals surface area contributed by atoms with E-state index in [9.17, 15) is 13.2 Å². The van der Waals surface area contributed by atoms with Crippen molar-refractivity contribution in [2.24, 2.45) is 0 Å². The molecule has 0 radical (unpaired) electrons. The summed E-state index contributed by atoms with van der Waals surface area (Å²) in [4.78, 5) is 13.4. The zero-order valence-electron chi connectivity index (χ0n) is 16.8. The van der Waals surface area contributed by atoms with Gasteiger partial charge in [0, 0.05) is 12.2 Å². The van der Waals surface area contributed by atoms with Crippen molar-refractivity contribution in [3.8, 4) is 0 Å². The Morgan fingerprint density at radius 3 is 2.40 bits per heavy atom. The summed E-state index contributed by atoms with van der Waals surface area (Å²) in [7, 11) is -3.83. The van der Waals surface area contributed by atoms with Gasteiger partial charge in [-0.1, -0.05) is 61.5 Å². The van der Waals surface area contributed by atoms with Gasteiger partial charge in [-0.2, -0.15) is 4.31 Å². The summed E-state index contributed by atoms with van der Waals surface area (Å²) >= 11 is 0. The first-order valence-corrected chi connectivity index (χ1v) is 11.5. The van der Waals surface area contributed by atoms with Crippen molar-refractivity contribution in [2.45, 2.75) is 37.2 Å². The van der Waals surface area contributed by atoms with Gasteiger partial charge in [0.25, 0.3) is 0 Å². The lowest BCUT2D eigenvalue weighted by molar-refractivity contribution is -0.120. The van der Waals surface area contributed by atoms with E-state index in [4.69, 9.17) is 0 Å². The Labute approximate surface area is 177 Å². The Hall–Kier alpha value is -2.96. The van der Waals surface area contributed by atoms with Gasteiger partial charge in [0.1, 0.15) is 6.04 Å². The minimum Gasteiger partial charge on any atom is -0.325 e. The molecule has 0 aliphatic carbocycles. The number of hydrogen-bond donors (Lipinski definition) is 1. The molecular weight excluding hydrogens is 396 g/mol. The lowest BCUT2D eigenvalue weighted by Gasteiger charge is -2.35. The predicted molar refractivity (Wildman–Crippen MR) is 118 cm³/mol. The van der Waals surface area contributed by atoms with Crippen LogP contribution in [0.4, 0.5) is 5.69 Å². The molecule has 0 spiro atoms. The van der Waals surface area contributed by atoms with E-state index in [1.54, 1.807) is 30.3 Å². The highest BCUT2D eigenvalue weighted by atomic mass is 32.2. The summed E-state index contributed by atoms with van der Waals surface area (Å²) in [6.45, 7) is 2.22. The Kier molecular flexibility index (Phi) is 5.70. The molecular formula is C24H24N2O3S. The van der Waals surface area contributed by atoms with Gasteiger partial charge in [-0.05, 0) is 53.8 Å². The van der Waals surface area contributed by atoms with Crippen molar-refractivity contribution >= 4 is 21.6 Å². The van der Waals surface area contributed by atoms with Crippen molar-refractivity contribution in [3.05, 3.63) is 95.6 Å². The lowest BCUT2D eigenvalue weighted by Crippen LogP contribution is -2.50.